The second-order valence-corrected chi connectivity index (χ2v) is 6.29. The lowest BCUT2D eigenvalue weighted by Crippen LogP contribution is -2.50. The van der Waals surface area contributed by atoms with Crippen molar-refractivity contribution in [1.82, 2.24) is 4.72 Å². The van der Waals surface area contributed by atoms with Gasteiger partial charge >= 0.3 is 0 Å². The van der Waals surface area contributed by atoms with Crippen molar-refractivity contribution in [2.75, 3.05) is 13.2 Å². The minimum Gasteiger partial charge on any atom is -0.393 e. The molecule has 0 atom stereocenters. The smallest absolute Gasteiger partial charge is 0.214 e. The number of nitrogens with one attached hydrogen (secondary N) is 1. The predicted octanol–water partition coefficient (Wildman–Crippen LogP) is -0.392. The summed E-state index contributed by atoms with van der Waals surface area (Å²) < 4.78 is 31.5. The molecule has 2 N–H and O–H groups in total. The molecule has 1 saturated carbocycles. The standard InChI is InChI=1S/C9H17NO4S/c11-8-5-7(6-8)10-15(12,13)9-1-3-14-4-2-9/h7-11H,1-6H2. The first-order valence-corrected chi connectivity index (χ1v) is 6.89. The Balaban J connectivity index is 1.88. The maximum Gasteiger partial charge on any atom is 0.214 e. The van der Waals surface area contributed by atoms with Gasteiger partial charge in [0.2, 0.25) is 10.0 Å². The summed E-state index contributed by atoms with van der Waals surface area (Å²) >= 11 is 0. The molecular formula is C9H17NO4S. The van der Waals surface area contributed by atoms with Crippen LogP contribution in [0.5, 0.6) is 0 Å². The van der Waals surface area contributed by atoms with E-state index in [1.807, 2.05) is 0 Å². The second kappa shape index (κ2) is 4.37. The predicted molar refractivity (Wildman–Crippen MR) is 54.9 cm³/mol. The van der Waals surface area contributed by atoms with E-state index in [4.69, 9.17) is 9.84 Å². The van der Waals surface area contributed by atoms with Gasteiger partial charge in [-0.25, -0.2) is 13.1 Å². The van der Waals surface area contributed by atoms with Crippen molar-refractivity contribution in [3.05, 3.63) is 0 Å². The first-order valence-electron chi connectivity index (χ1n) is 5.35. The number of ether oxygens (including phenoxy) is 1. The molecule has 1 heterocycles. The molecule has 2 rings (SSSR count). The molecule has 0 aromatic carbocycles. The quantitative estimate of drug-likeness (QED) is 0.698. The van der Waals surface area contributed by atoms with E-state index in [1.165, 1.54) is 0 Å². The molecule has 15 heavy (non-hydrogen) atoms. The van der Waals surface area contributed by atoms with Crippen LogP contribution >= 0.6 is 0 Å². The fraction of sp³-hybridized carbons (Fsp3) is 1.00. The molecule has 0 aromatic rings. The maximum atomic E-state index is 11.8. The Labute approximate surface area is 89.9 Å². The summed E-state index contributed by atoms with van der Waals surface area (Å²) in [6.07, 6.45) is 1.91. The highest BCUT2D eigenvalue weighted by atomic mass is 32.2. The second-order valence-electron chi connectivity index (χ2n) is 4.30. The Morgan fingerprint density at radius 3 is 2.33 bits per heavy atom. The lowest BCUT2D eigenvalue weighted by molar-refractivity contribution is 0.0702. The fourth-order valence-corrected chi connectivity index (χ4v) is 3.66. The van der Waals surface area contributed by atoms with E-state index in [0.29, 0.717) is 38.9 Å². The number of hydrogen-bond acceptors (Lipinski definition) is 4. The van der Waals surface area contributed by atoms with Crippen LogP contribution in [0.4, 0.5) is 0 Å². The minimum absolute atomic E-state index is 0.0622. The number of hydrogen-bond donors (Lipinski definition) is 2. The summed E-state index contributed by atoms with van der Waals surface area (Å²) in [5.74, 6) is 0. The summed E-state index contributed by atoms with van der Waals surface area (Å²) in [6, 6.07) is -0.0622. The van der Waals surface area contributed by atoms with Crippen molar-refractivity contribution < 1.29 is 18.3 Å². The molecule has 1 aliphatic carbocycles. The van der Waals surface area contributed by atoms with E-state index in [1.54, 1.807) is 0 Å². The monoisotopic (exact) mass is 235 g/mol. The van der Waals surface area contributed by atoms with Gasteiger partial charge in [0.15, 0.2) is 0 Å². The normalized spacial score (nSPS) is 33.7. The topological polar surface area (TPSA) is 75.6 Å². The average Bonchev–Trinajstić information content (AvgIpc) is 2.17. The zero-order valence-corrected chi connectivity index (χ0v) is 9.37. The van der Waals surface area contributed by atoms with Crippen molar-refractivity contribution in [2.24, 2.45) is 0 Å². The number of rotatable bonds is 3. The van der Waals surface area contributed by atoms with Crippen LogP contribution in [-0.2, 0) is 14.8 Å². The van der Waals surface area contributed by atoms with Crippen LogP contribution in [0.3, 0.4) is 0 Å². The third kappa shape index (κ3) is 2.69. The summed E-state index contributed by atoms with van der Waals surface area (Å²) in [4.78, 5) is 0. The third-order valence-corrected chi connectivity index (χ3v) is 5.06. The van der Waals surface area contributed by atoms with Gasteiger partial charge in [0.1, 0.15) is 0 Å². The molecule has 0 radical (unpaired) electrons. The van der Waals surface area contributed by atoms with E-state index < -0.39 is 10.0 Å². The molecule has 6 heteroatoms. The van der Waals surface area contributed by atoms with Crippen molar-refractivity contribution in [3.8, 4) is 0 Å². The highest BCUT2D eigenvalue weighted by molar-refractivity contribution is 7.90. The molecular weight excluding hydrogens is 218 g/mol. The SMILES string of the molecule is O=S(=O)(NC1CC(O)C1)C1CCOCC1. The first kappa shape index (κ1) is 11.3. The lowest BCUT2D eigenvalue weighted by Gasteiger charge is -2.33. The molecule has 0 spiro atoms. The van der Waals surface area contributed by atoms with Gasteiger partial charge in [-0.05, 0) is 25.7 Å². The van der Waals surface area contributed by atoms with Gasteiger partial charge in [0.05, 0.1) is 11.4 Å². The van der Waals surface area contributed by atoms with Crippen molar-refractivity contribution in [3.63, 3.8) is 0 Å². The summed E-state index contributed by atoms with van der Waals surface area (Å²) in [5.41, 5.74) is 0. The van der Waals surface area contributed by atoms with Crippen LogP contribution in [0.15, 0.2) is 0 Å². The zero-order valence-electron chi connectivity index (χ0n) is 8.55. The van der Waals surface area contributed by atoms with Crippen molar-refractivity contribution >= 4 is 10.0 Å². The van der Waals surface area contributed by atoms with Crippen LogP contribution in [0.1, 0.15) is 25.7 Å². The Hall–Kier alpha value is -0.170. The van der Waals surface area contributed by atoms with Gasteiger partial charge in [0, 0.05) is 19.3 Å². The molecule has 0 unspecified atom stereocenters. The van der Waals surface area contributed by atoms with E-state index in [9.17, 15) is 8.42 Å². The Kier molecular flexibility index (Phi) is 3.30. The van der Waals surface area contributed by atoms with E-state index >= 15 is 0 Å². The van der Waals surface area contributed by atoms with E-state index in [2.05, 4.69) is 4.72 Å². The maximum absolute atomic E-state index is 11.8. The Bertz CT molecular complexity index is 304. The van der Waals surface area contributed by atoms with Gasteiger partial charge in [0.25, 0.3) is 0 Å². The van der Waals surface area contributed by atoms with Gasteiger partial charge in [-0.1, -0.05) is 0 Å². The molecule has 5 nitrogen and oxygen atoms in total. The number of sulfonamides is 1. The van der Waals surface area contributed by atoms with Crippen LogP contribution in [0, 0.1) is 0 Å². The Morgan fingerprint density at radius 1 is 1.20 bits per heavy atom. The lowest BCUT2D eigenvalue weighted by atomic mass is 9.91. The summed E-state index contributed by atoms with van der Waals surface area (Å²) in [5, 5.41) is 8.75. The fourth-order valence-electron chi connectivity index (χ4n) is 2.00. The number of aliphatic hydroxyl groups is 1. The highest BCUT2D eigenvalue weighted by Crippen LogP contribution is 2.22. The van der Waals surface area contributed by atoms with Crippen LogP contribution in [-0.4, -0.2) is 44.1 Å². The van der Waals surface area contributed by atoms with Gasteiger partial charge in [-0.2, -0.15) is 0 Å². The number of aliphatic hydroxyl groups excluding tert-OH is 1. The zero-order chi connectivity index (χ0) is 10.9. The van der Waals surface area contributed by atoms with Crippen LogP contribution in [0.25, 0.3) is 0 Å². The van der Waals surface area contributed by atoms with E-state index in [0.717, 1.165) is 0 Å². The average molecular weight is 235 g/mol. The first-order chi connectivity index (χ1) is 7.08. The highest BCUT2D eigenvalue weighted by Gasteiger charge is 2.34. The molecule has 1 saturated heterocycles. The van der Waals surface area contributed by atoms with Crippen LogP contribution < -0.4 is 4.72 Å². The molecule has 0 amide bonds. The van der Waals surface area contributed by atoms with Crippen molar-refractivity contribution in [2.45, 2.75) is 43.1 Å². The van der Waals surface area contributed by atoms with Gasteiger partial charge in [-0.15, -0.1) is 0 Å². The molecule has 88 valence electrons. The largest absolute Gasteiger partial charge is 0.393 e. The molecule has 0 aromatic heterocycles. The molecule has 1 aliphatic heterocycles. The molecule has 0 bridgehead atoms. The van der Waals surface area contributed by atoms with Crippen LogP contribution in [0.2, 0.25) is 0 Å². The van der Waals surface area contributed by atoms with E-state index in [-0.39, 0.29) is 17.4 Å². The van der Waals surface area contributed by atoms with Gasteiger partial charge in [-0.3, -0.25) is 0 Å². The molecule has 2 fully saturated rings. The molecule has 2 aliphatic rings. The summed E-state index contributed by atoms with van der Waals surface area (Å²) in [7, 11) is -3.21. The minimum atomic E-state index is -3.21. The van der Waals surface area contributed by atoms with Gasteiger partial charge < -0.3 is 9.84 Å². The third-order valence-electron chi connectivity index (χ3n) is 3.05. The summed E-state index contributed by atoms with van der Waals surface area (Å²) in [6.45, 7) is 1.05. The van der Waals surface area contributed by atoms with Crippen molar-refractivity contribution in [1.29, 1.82) is 0 Å². The Morgan fingerprint density at radius 2 is 1.80 bits per heavy atom.